The van der Waals surface area contributed by atoms with Crippen molar-refractivity contribution in [2.75, 3.05) is 26.0 Å². The molecular formula is C14H22N2O2S. The second-order valence-electron chi connectivity index (χ2n) is 4.04. The molecule has 1 atom stereocenters. The van der Waals surface area contributed by atoms with E-state index in [1.807, 2.05) is 43.5 Å². The van der Waals surface area contributed by atoms with Crippen LogP contribution in [0, 0.1) is 0 Å². The Bertz CT molecular complexity index is 360. The summed E-state index contributed by atoms with van der Waals surface area (Å²) >= 11 is 1.58. The van der Waals surface area contributed by atoms with Crippen LogP contribution in [0.5, 0.6) is 0 Å². The predicted octanol–water partition coefficient (Wildman–Crippen LogP) is 2.08. The Balaban J connectivity index is 2.29. The normalized spacial score (nSPS) is 12.1. The Hall–Kier alpha value is -1.04. The number of hydrogen-bond acceptors (Lipinski definition) is 4. The molecule has 0 aliphatic carbocycles. The quantitative estimate of drug-likeness (QED) is 0.681. The van der Waals surface area contributed by atoms with E-state index in [1.54, 1.807) is 11.9 Å². The maximum Gasteiger partial charge on any atom is 0.251 e. The summed E-state index contributed by atoms with van der Waals surface area (Å²) in [5, 5.41) is 2.91. The average molecular weight is 282 g/mol. The number of rotatable bonds is 9. The molecule has 0 saturated carbocycles. The Labute approximate surface area is 119 Å². The lowest BCUT2D eigenvalue weighted by atomic mass is 10.2. The molecule has 2 N–H and O–H groups in total. The molecule has 19 heavy (non-hydrogen) atoms. The molecule has 0 aromatic heterocycles. The van der Waals surface area contributed by atoms with Crippen molar-refractivity contribution in [1.82, 2.24) is 10.0 Å². The monoisotopic (exact) mass is 282 g/mol. The van der Waals surface area contributed by atoms with Gasteiger partial charge in [-0.25, -0.2) is 0 Å². The Morgan fingerprint density at radius 1 is 1.37 bits per heavy atom. The van der Waals surface area contributed by atoms with Gasteiger partial charge in [0.2, 0.25) is 0 Å². The summed E-state index contributed by atoms with van der Waals surface area (Å²) in [4.78, 5) is 11.8. The van der Waals surface area contributed by atoms with Crippen LogP contribution in [-0.2, 0) is 4.74 Å². The number of ether oxygens (including phenoxy) is 1. The first kappa shape index (κ1) is 16.0. The molecule has 1 aromatic rings. The molecule has 1 aromatic carbocycles. The van der Waals surface area contributed by atoms with Gasteiger partial charge >= 0.3 is 0 Å². The fraction of sp³-hybridized carbons (Fsp3) is 0.500. The fourth-order valence-electron chi connectivity index (χ4n) is 1.69. The summed E-state index contributed by atoms with van der Waals surface area (Å²) in [5.41, 5.74) is 0.692. The average Bonchev–Trinajstić information content (AvgIpc) is 2.45. The highest BCUT2D eigenvalue weighted by atomic mass is 32.2. The largest absolute Gasteiger partial charge is 0.377 e. The highest BCUT2D eigenvalue weighted by Crippen LogP contribution is 2.01. The maximum absolute atomic E-state index is 11.8. The number of amides is 1. The number of nitrogens with one attached hydrogen (secondary N) is 2. The van der Waals surface area contributed by atoms with Crippen molar-refractivity contribution in [3.8, 4) is 0 Å². The van der Waals surface area contributed by atoms with Crippen LogP contribution in [0.3, 0.4) is 0 Å². The number of carbonyl (C=O) groups excluding carboxylic acids is 1. The molecule has 0 radical (unpaired) electrons. The zero-order valence-corrected chi connectivity index (χ0v) is 12.3. The van der Waals surface area contributed by atoms with Crippen LogP contribution in [-0.4, -0.2) is 38.0 Å². The van der Waals surface area contributed by atoms with Gasteiger partial charge in [0, 0.05) is 25.3 Å². The minimum absolute atomic E-state index is 0.0336. The first-order chi connectivity index (χ1) is 9.27. The third-order valence-corrected chi connectivity index (χ3v) is 3.10. The molecule has 0 fully saturated rings. The van der Waals surface area contributed by atoms with E-state index in [1.165, 1.54) is 0 Å². The molecule has 0 spiro atoms. The number of carbonyl (C=O) groups is 1. The molecule has 4 nitrogen and oxygen atoms in total. The molecule has 0 aliphatic heterocycles. The van der Waals surface area contributed by atoms with E-state index in [-0.39, 0.29) is 12.0 Å². The van der Waals surface area contributed by atoms with E-state index in [4.69, 9.17) is 4.74 Å². The van der Waals surface area contributed by atoms with Gasteiger partial charge in [-0.15, -0.1) is 0 Å². The smallest absolute Gasteiger partial charge is 0.251 e. The van der Waals surface area contributed by atoms with Gasteiger partial charge in [0.15, 0.2) is 0 Å². The van der Waals surface area contributed by atoms with Crippen LogP contribution < -0.4 is 10.0 Å². The maximum atomic E-state index is 11.8. The first-order valence-corrected chi connectivity index (χ1v) is 7.71. The van der Waals surface area contributed by atoms with E-state index in [2.05, 4.69) is 10.0 Å². The van der Waals surface area contributed by atoms with Crippen molar-refractivity contribution >= 4 is 17.9 Å². The summed E-state index contributed by atoms with van der Waals surface area (Å²) in [6.07, 6.45) is 2.92. The lowest BCUT2D eigenvalue weighted by Gasteiger charge is -2.17. The Morgan fingerprint density at radius 3 is 2.74 bits per heavy atom. The summed E-state index contributed by atoms with van der Waals surface area (Å²) in [7, 11) is 0. The number of benzene rings is 1. The van der Waals surface area contributed by atoms with Crippen LogP contribution in [0.1, 0.15) is 23.7 Å². The molecule has 1 unspecified atom stereocenters. The molecule has 5 heteroatoms. The third-order valence-electron chi connectivity index (χ3n) is 2.65. The lowest BCUT2D eigenvalue weighted by molar-refractivity contribution is 0.0603. The molecular weight excluding hydrogens is 260 g/mol. The predicted molar refractivity (Wildman–Crippen MR) is 80.3 cm³/mol. The van der Waals surface area contributed by atoms with Gasteiger partial charge in [-0.1, -0.05) is 30.1 Å². The molecule has 0 saturated heterocycles. The molecule has 106 valence electrons. The molecule has 1 amide bonds. The van der Waals surface area contributed by atoms with E-state index in [9.17, 15) is 4.79 Å². The SMILES string of the molecule is CCOC(CCNC(=O)c1ccccc1)CNSC. The van der Waals surface area contributed by atoms with Gasteiger partial charge < -0.3 is 10.1 Å². The van der Waals surface area contributed by atoms with Crippen molar-refractivity contribution in [3.05, 3.63) is 35.9 Å². The summed E-state index contributed by atoms with van der Waals surface area (Å²) in [6.45, 7) is 4.08. The zero-order chi connectivity index (χ0) is 13.9. The fourth-order valence-corrected chi connectivity index (χ4v) is 2.05. The summed E-state index contributed by atoms with van der Waals surface area (Å²) in [6, 6.07) is 9.24. The van der Waals surface area contributed by atoms with Crippen molar-refractivity contribution in [2.24, 2.45) is 0 Å². The minimum atomic E-state index is -0.0336. The summed E-state index contributed by atoms with van der Waals surface area (Å²) in [5.74, 6) is -0.0336. The van der Waals surface area contributed by atoms with Crippen LogP contribution >= 0.6 is 11.9 Å². The highest BCUT2D eigenvalue weighted by molar-refractivity contribution is 7.96. The third kappa shape index (κ3) is 6.61. The molecule has 0 heterocycles. The molecule has 1 rings (SSSR count). The van der Waals surface area contributed by atoms with Crippen LogP contribution in [0.15, 0.2) is 30.3 Å². The number of hydrogen-bond donors (Lipinski definition) is 2. The molecule has 0 bridgehead atoms. The van der Waals surface area contributed by atoms with Crippen molar-refractivity contribution in [2.45, 2.75) is 19.4 Å². The highest BCUT2D eigenvalue weighted by Gasteiger charge is 2.09. The van der Waals surface area contributed by atoms with Crippen molar-refractivity contribution in [3.63, 3.8) is 0 Å². The van der Waals surface area contributed by atoms with Gasteiger partial charge in [-0.3, -0.25) is 9.52 Å². The van der Waals surface area contributed by atoms with Gasteiger partial charge in [0.05, 0.1) is 6.10 Å². The van der Waals surface area contributed by atoms with Crippen molar-refractivity contribution in [1.29, 1.82) is 0 Å². The molecule has 0 aliphatic rings. The second kappa shape index (κ2) is 9.83. The van der Waals surface area contributed by atoms with Gasteiger partial charge in [-0.2, -0.15) is 0 Å². The Kier molecular flexibility index (Phi) is 8.29. The van der Waals surface area contributed by atoms with Crippen LogP contribution in [0.25, 0.3) is 0 Å². The van der Waals surface area contributed by atoms with Crippen LogP contribution in [0.2, 0.25) is 0 Å². The Morgan fingerprint density at radius 2 is 2.11 bits per heavy atom. The zero-order valence-electron chi connectivity index (χ0n) is 11.5. The van der Waals surface area contributed by atoms with E-state index in [0.29, 0.717) is 18.7 Å². The van der Waals surface area contributed by atoms with E-state index < -0.39 is 0 Å². The second-order valence-corrected chi connectivity index (χ2v) is 4.74. The lowest BCUT2D eigenvalue weighted by Crippen LogP contribution is -2.32. The standard InChI is InChI=1S/C14H22N2O2S/c1-3-18-13(11-16-19-2)9-10-15-14(17)12-7-5-4-6-8-12/h4-8,13,16H,3,9-11H2,1-2H3,(H,15,17). The van der Waals surface area contributed by atoms with Gasteiger partial charge in [-0.05, 0) is 31.7 Å². The topological polar surface area (TPSA) is 50.4 Å². The van der Waals surface area contributed by atoms with Gasteiger partial charge in [0.1, 0.15) is 0 Å². The van der Waals surface area contributed by atoms with E-state index >= 15 is 0 Å². The summed E-state index contributed by atoms with van der Waals surface area (Å²) < 4.78 is 8.79. The van der Waals surface area contributed by atoms with Crippen molar-refractivity contribution < 1.29 is 9.53 Å². The minimum Gasteiger partial charge on any atom is -0.377 e. The first-order valence-electron chi connectivity index (χ1n) is 6.48. The van der Waals surface area contributed by atoms with Gasteiger partial charge in [0.25, 0.3) is 5.91 Å². The van der Waals surface area contributed by atoms with Crippen LogP contribution in [0.4, 0.5) is 0 Å². The van der Waals surface area contributed by atoms with E-state index in [0.717, 1.165) is 13.0 Å².